The van der Waals surface area contributed by atoms with Crippen LogP contribution in [0.1, 0.15) is 0 Å². The molecule has 0 heterocycles. The third-order valence-electron chi connectivity index (χ3n) is 1.12. The highest BCUT2D eigenvalue weighted by Crippen LogP contribution is 2.56. The second-order valence-corrected chi connectivity index (χ2v) is 6.98. The van der Waals surface area contributed by atoms with Crippen molar-refractivity contribution in [2.45, 2.75) is 0 Å². The Morgan fingerprint density at radius 3 is 2.33 bits per heavy atom. The Kier molecular flexibility index (Phi) is 3.30. The topological polar surface area (TPSA) is 29.1 Å². The zero-order valence-electron chi connectivity index (χ0n) is 5.80. The lowest BCUT2D eigenvalue weighted by Gasteiger charge is -2.07. The van der Waals surface area contributed by atoms with Crippen LogP contribution >= 0.6 is 40.1 Å². The molecule has 0 radical (unpaired) electrons. The van der Waals surface area contributed by atoms with Gasteiger partial charge >= 0.3 is 6.00 Å². The lowest BCUT2D eigenvalue weighted by molar-refractivity contribution is 0.595. The molecule has 0 atom stereocenters. The van der Waals surface area contributed by atoms with Gasteiger partial charge in [0.05, 0.1) is 10.7 Å². The van der Waals surface area contributed by atoms with Crippen molar-refractivity contribution in [3.8, 4) is 0 Å². The van der Waals surface area contributed by atoms with E-state index >= 15 is 0 Å². The first-order chi connectivity index (χ1) is 5.49. The molecule has 0 aliphatic carbocycles. The Labute approximate surface area is 84.8 Å². The van der Waals surface area contributed by atoms with Gasteiger partial charge in [-0.15, -0.1) is 0 Å². The van der Waals surface area contributed by atoms with Gasteiger partial charge in [0.25, 0.3) is 0 Å². The SMILES string of the molecule is O=P(Cl)(Cl)Nc1ccccc1Cl. The first kappa shape index (κ1) is 10.2. The number of rotatable bonds is 2. The van der Waals surface area contributed by atoms with Crippen molar-refractivity contribution in [3.63, 3.8) is 0 Å². The molecule has 0 fully saturated rings. The predicted molar refractivity (Wildman–Crippen MR) is 54.4 cm³/mol. The van der Waals surface area contributed by atoms with Crippen LogP contribution in [0.5, 0.6) is 0 Å². The van der Waals surface area contributed by atoms with Crippen molar-refractivity contribution >= 4 is 45.8 Å². The summed E-state index contributed by atoms with van der Waals surface area (Å²) in [6.45, 7) is 0. The molecule has 0 amide bonds. The maximum absolute atomic E-state index is 10.9. The number of nitrogens with one attached hydrogen (secondary N) is 1. The highest BCUT2D eigenvalue weighted by molar-refractivity contribution is 8.09. The Balaban J connectivity index is 2.90. The van der Waals surface area contributed by atoms with Gasteiger partial charge in [-0.1, -0.05) is 23.7 Å². The maximum atomic E-state index is 10.9. The van der Waals surface area contributed by atoms with Gasteiger partial charge in [0, 0.05) is 0 Å². The molecule has 66 valence electrons. The molecule has 0 saturated carbocycles. The molecule has 1 rings (SSSR count). The van der Waals surface area contributed by atoms with Crippen molar-refractivity contribution in [2.75, 3.05) is 5.09 Å². The van der Waals surface area contributed by atoms with E-state index in [1.54, 1.807) is 24.3 Å². The van der Waals surface area contributed by atoms with E-state index in [0.29, 0.717) is 10.7 Å². The standard InChI is InChI=1S/C6H5Cl3NOP/c7-5-3-1-2-4-6(5)10-12(8,9)11/h1-4H,(H,10,11). The molecule has 2 nitrogen and oxygen atoms in total. The highest BCUT2D eigenvalue weighted by Gasteiger charge is 2.13. The van der Waals surface area contributed by atoms with E-state index in [9.17, 15) is 4.57 Å². The number of hydrogen-bond donors (Lipinski definition) is 1. The summed E-state index contributed by atoms with van der Waals surface area (Å²) in [7, 11) is 0. The summed E-state index contributed by atoms with van der Waals surface area (Å²) in [4.78, 5) is 0. The summed E-state index contributed by atoms with van der Waals surface area (Å²) in [5.74, 6) is -3.30. The van der Waals surface area contributed by atoms with Crippen LogP contribution in [0.2, 0.25) is 5.02 Å². The minimum atomic E-state index is -3.30. The normalized spacial score (nSPS) is 11.2. The van der Waals surface area contributed by atoms with Crippen molar-refractivity contribution in [1.82, 2.24) is 0 Å². The van der Waals surface area contributed by atoms with Crippen LogP contribution in [0, 0.1) is 0 Å². The molecule has 6 heteroatoms. The Bertz CT molecular complexity index is 324. The van der Waals surface area contributed by atoms with Gasteiger partial charge in [-0.25, -0.2) is 0 Å². The van der Waals surface area contributed by atoms with Crippen LogP contribution in [0.4, 0.5) is 5.69 Å². The molecule has 0 aliphatic heterocycles. The van der Waals surface area contributed by atoms with Crippen LogP contribution in [-0.2, 0) is 4.57 Å². The molecule has 0 bridgehead atoms. The first-order valence-corrected chi connectivity index (χ1v) is 6.91. The average Bonchev–Trinajstić information content (AvgIpc) is 1.91. The summed E-state index contributed by atoms with van der Waals surface area (Å²) in [5.41, 5.74) is 0.465. The van der Waals surface area contributed by atoms with E-state index in [-0.39, 0.29) is 0 Å². The molecule has 0 aromatic heterocycles. The largest absolute Gasteiger partial charge is 0.343 e. The van der Waals surface area contributed by atoms with Gasteiger partial charge in [-0.05, 0) is 34.6 Å². The van der Waals surface area contributed by atoms with Crippen LogP contribution in [0.3, 0.4) is 0 Å². The van der Waals surface area contributed by atoms with Crippen LogP contribution < -0.4 is 5.09 Å². The maximum Gasteiger partial charge on any atom is 0.343 e. The molecule has 0 aliphatic rings. The molecular weight excluding hydrogens is 239 g/mol. The Hall–Kier alpha value is 0.120. The van der Waals surface area contributed by atoms with Crippen LogP contribution in [0.25, 0.3) is 0 Å². The fraction of sp³-hybridized carbons (Fsp3) is 0. The van der Waals surface area contributed by atoms with Gasteiger partial charge in [-0.3, -0.25) is 4.57 Å². The molecule has 12 heavy (non-hydrogen) atoms. The van der Waals surface area contributed by atoms with Crippen molar-refractivity contribution in [1.29, 1.82) is 0 Å². The van der Waals surface area contributed by atoms with Crippen molar-refractivity contribution < 1.29 is 4.57 Å². The van der Waals surface area contributed by atoms with Crippen molar-refractivity contribution in [3.05, 3.63) is 29.3 Å². The quantitative estimate of drug-likeness (QED) is 0.784. The van der Waals surface area contributed by atoms with E-state index in [1.165, 1.54) is 0 Å². The zero-order chi connectivity index (χ0) is 9.19. The van der Waals surface area contributed by atoms with E-state index in [0.717, 1.165) is 0 Å². The lowest BCUT2D eigenvalue weighted by Crippen LogP contribution is -1.86. The Morgan fingerprint density at radius 2 is 1.83 bits per heavy atom. The molecule has 0 spiro atoms. The van der Waals surface area contributed by atoms with Gasteiger partial charge in [0.15, 0.2) is 0 Å². The second-order valence-electron chi connectivity index (χ2n) is 2.05. The summed E-state index contributed by atoms with van der Waals surface area (Å²) >= 11 is 16.3. The number of halogens is 3. The average molecular weight is 244 g/mol. The summed E-state index contributed by atoms with van der Waals surface area (Å²) in [5, 5.41) is 2.83. The molecule has 1 aromatic carbocycles. The van der Waals surface area contributed by atoms with Gasteiger partial charge < -0.3 is 5.09 Å². The fourth-order valence-electron chi connectivity index (χ4n) is 0.692. The van der Waals surface area contributed by atoms with Gasteiger partial charge in [0.1, 0.15) is 0 Å². The lowest BCUT2D eigenvalue weighted by atomic mass is 10.3. The van der Waals surface area contributed by atoms with E-state index in [1.807, 2.05) is 0 Å². The zero-order valence-corrected chi connectivity index (χ0v) is 8.96. The van der Waals surface area contributed by atoms with E-state index < -0.39 is 6.00 Å². The Morgan fingerprint density at radius 1 is 1.25 bits per heavy atom. The first-order valence-electron chi connectivity index (χ1n) is 3.01. The number of hydrogen-bond acceptors (Lipinski definition) is 1. The third kappa shape index (κ3) is 3.24. The predicted octanol–water partition coefficient (Wildman–Crippen LogP) is 4.34. The van der Waals surface area contributed by atoms with E-state index in [2.05, 4.69) is 5.09 Å². The summed E-state index contributed by atoms with van der Waals surface area (Å²) < 4.78 is 10.9. The van der Waals surface area contributed by atoms with Gasteiger partial charge in [-0.2, -0.15) is 0 Å². The number of benzene rings is 1. The highest BCUT2D eigenvalue weighted by atomic mass is 35.9. The minimum Gasteiger partial charge on any atom is -0.311 e. The third-order valence-corrected chi connectivity index (χ3v) is 2.46. The smallest absolute Gasteiger partial charge is 0.311 e. The van der Waals surface area contributed by atoms with Crippen molar-refractivity contribution in [2.24, 2.45) is 0 Å². The molecule has 1 aromatic rings. The molecular formula is C6H5Cl3NOP. The van der Waals surface area contributed by atoms with Crippen LogP contribution in [-0.4, -0.2) is 0 Å². The second kappa shape index (κ2) is 3.89. The van der Waals surface area contributed by atoms with Gasteiger partial charge in [0.2, 0.25) is 0 Å². The molecule has 0 saturated heterocycles. The number of para-hydroxylation sites is 1. The van der Waals surface area contributed by atoms with E-state index in [4.69, 9.17) is 34.1 Å². The number of anilines is 1. The minimum absolute atomic E-state index is 0.430. The fourth-order valence-corrected chi connectivity index (χ4v) is 1.96. The molecule has 1 N–H and O–H groups in total. The molecule has 0 unspecified atom stereocenters. The summed E-state index contributed by atoms with van der Waals surface area (Å²) in [6.07, 6.45) is 0. The summed E-state index contributed by atoms with van der Waals surface area (Å²) in [6, 6.07) is 6.77. The monoisotopic (exact) mass is 243 g/mol. The van der Waals surface area contributed by atoms with Crippen LogP contribution in [0.15, 0.2) is 24.3 Å².